The maximum Gasteiger partial charge on any atom is 0.0719 e. The lowest BCUT2D eigenvalue weighted by molar-refractivity contribution is 0.0217. The summed E-state index contributed by atoms with van der Waals surface area (Å²) in [5.74, 6) is 1.64. The molecule has 0 spiro atoms. The van der Waals surface area contributed by atoms with E-state index in [4.69, 9.17) is 0 Å². The number of hydrogen-bond donors (Lipinski definition) is 2. The first kappa shape index (κ1) is 12.2. The molecule has 1 aromatic rings. The molecule has 2 bridgehead atoms. The molecule has 0 aromatic heterocycles. The summed E-state index contributed by atoms with van der Waals surface area (Å²) in [7, 11) is 0. The minimum Gasteiger partial charge on any atom is -0.299 e. The summed E-state index contributed by atoms with van der Waals surface area (Å²) in [6, 6.07) is 11.0. The third-order valence-electron chi connectivity index (χ3n) is 4.79. The first-order chi connectivity index (χ1) is 8.82. The van der Waals surface area contributed by atoms with Crippen LogP contribution < -0.4 is 10.6 Å². The molecule has 3 aliphatic rings. The third kappa shape index (κ3) is 2.19. The SMILES string of the molecule is CCNC12CCC(CN1)CC2Cc1ccccc1. The molecule has 98 valence electrons. The van der Waals surface area contributed by atoms with Gasteiger partial charge in [-0.25, -0.2) is 0 Å². The second-order valence-electron chi connectivity index (χ2n) is 5.91. The Kier molecular flexibility index (Phi) is 3.40. The van der Waals surface area contributed by atoms with Gasteiger partial charge in [-0.1, -0.05) is 37.3 Å². The molecule has 2 aliphatic heterocycles. The standard InChI is InChI=1S/C16H24N2/c1-2-17-16-9-8-14(12-18-16)11-15(16)10-13-6-4-3-5-7-13/h3-7,14-15,17-18H,2,8-12H2,1H3. The van der Waals surface area contributed by atoms with E-state index in [0.29, 0.717) is 0 Å². The van der Waals surface area contributed by atoms with Crippen molar-refractivity contribution in [1.82, 2.24) is 10.6 Å². The normalized spacial score (nSPS) is 34.7. The summed E-state index contributed by atoms with van der Waals surface area (Å²) in [5, 5.41) is 7.54. The molecule has 3 fully saturated rings. The largest absolute Gasteiger partial charge is 0.299 e. The Bertz CT molecular complexity index is 374. The fourth-order valence-corrected chi connectivity index (χ4v) is 3.87. The number of rotatable bonds is 4. The Hall–Kier alpha value is -0.860. The van der Waals surface area contributed by atoms with Crippen LogP contribution in [0.15, 0.2) is 30.3 Å². The Labute approximate surface area is 110 Å². The second kappa shape index (κ2) is 5.02. The first-order valence-corrected chi connectivity index (χ1v) is 7.36. The van der Waals surface area contributed by atoms with Crippen LogP contribution in [-0.4, -0.2) is 18.8 Å². The van der Waals surface area contributed by atoms with Gasteiger partial charge in [0.25, 0.3) is 0 Å². The van der Waals surface area contributed by atoms with E-state index in [1.807, 2.05) is 0 Å². The van der Waals surface area contributed by atoms with Crippen molar-refractivity contribution >= 4 is 0 Å². The van der Waals surface area contributed by atoms with Crippen molar-refractivity contribution in [2.45, 2.75) is 38.3 Å². The van der Waals surface area contributed by atoms with Crippen LogP contribution in [0.2, 0.25) is 0 Å². The number of hydrogen-bond acceptors (Lipinski definition) is 2. The van der Waals surface area contributed by atoms with E-state index in [1.165, 1.54) is 37.8 Å². The van der Waals surface area contributed by atoms with Gasteiger partial charge in [0, 0.05) is 0 Å². The molecule has 2 saturated heterocycles. The Morgan fingerprint density at radius 1 is 1.33 bits per heavy atom. The van der Waals surface area contributed by atoms with Crippen molar-refractivity contribution in [1.29, 1.82) is 0 Å². The lowest BCUT2D eigenvalue weighted by Gasteiger charge is -2.53. The van der Waals surface area contributed by atoms with Crippen LogP contribution >= 0.6 is 0 Å². The Morgan fingerprint density at radius 2 is 2.17 bits per heavy atom. The Balaban J connectivity index is 1.77. The maximum absolute atomic E-state index is 3.79. The molecule has 1 saturated carbocycles. The molecule has 0 radical (unpaired) electrons. The van der Waals surface area contributed by atoms with Gasteiger partial charge in [0.2, 0.25) is 0 Å². The molecule has 2 heterocycles. The molecule has 3 atom stereocenters. The molecular formula is C16H24N2. The van der Waals surface area contributed by atoms with Crippen molar-refractivity contribution in [2.75, 3.05) is 13.1 Å². The summed E-state index contributed by atoms with van der Waals surface area (Å²) in [6.45, 7) is 4.48. The van der Waals surface area contributed by atoms with Crippen molar-refractivity contribution in [3.63, 3.8) is 0 Å². The summed E-state index contributed by atoms with van der Waals surface area (Å²) >= 11 is 0. The summed E-state index contributed by atoms with van der Waals surface area (Å²) < 4.78 is 0. The molecule has 2 nitrogen and oxygen atoms in total. The van der Waals surface area contributed by atoms with Crippen LogP contribution in [-0.2, 0) is 6.42 Å². The number of piperidine rings is 2. The lowest BCUT2D eigenvalue weighted by Crippen LogP contribution is -2.69. The highest BCUT2D eigenvalue weighted by Crippen LogP contribution is 2.41. The van der Waals surface area contributed by atoms with Gasteiger partial charge in [-0.15, -0.1) is 0 Å². The van der Waals surface area contributed by atoms with E-state index in [9.17, 15) is 0 Å². The average molecular weight is 244 g/mol. The molecule has 2 N–H and O–H groups in total. The molecular weight excluding hydrogens is 220 g/mol. The van der Waals surface area contributed by atoms with Crippen LogP contribution in [0.5, 0.6) is 0 Å². The zero-order valence-corrected chi connectivity index (χ0v) is 11.3. The zero-order chi connectivity index (χ0) is 12.4. The Morgan fingerprint density at radius 3 is 2.83 bits per heavy atom. The van der Waals surface area contributed by atoms with Gasteiger partial charge in [-0.2, -0.15) is 0 Å². The van der Waals surface area contributed by atoms with E-state index in [1.54, 1.807) is 0 Å². The van der Waals surface area contributed by atoms with E-state index in [0.717, 1.165) is 18.4 Å². The van der Waals surface area contributed by atoms with Crippen LogP contribution in [0, 0.1) is 11.8 Å². The number of fused-ring (bicyclic) bond motifs is 3. The van der Waals surface area contributed by atoms with Gasteiger partial charge < -0.3 is 0 Å². The molecule has 1 aliphatic carbocycles. The van der Waals surface area contributed by atoms with E-state index in [2.05, 4.69) is 47.9 Å². The predicted octanol–water partition coefficient (Wildman–Crippen LogP) is 2.55. The van der Waals surface area contributed by atoms with Gasteiger partial charge in [-0.3, -0.25) is 10.6 Å². The fraction of sp³-hybridized carbons (Fsp3) is 0.625. The monoisotopic (exact) mass is 244 g/mol. The topological polar surface area (TPSA) is 24.1 Å². The van der Waals surface area contributed by atoms with Gasteiger partial charge in [0.05, 0.1) is 5.66 Å². The molecule has 18 heavy (non-hydrogen) atoms. The summed E-state index contributed by atoms with van der Waals surface area (Å²) in [6.07, 6.45) is 5.28. The highest BCUT2D eigenvalue weighted by Gasteiger charge is 2.46. The van der Waals surface area contributed by atoms with Gasteiger partial charge in [0.1, 0.15) is 0 Å². The number of benzene rings is 1. The quantitative estimate of drug-likeness (QED) is 0.850. The van der Waals surface area contributed by atoms with Crippen molar-refractivity contribution < 1.29 is 0 Å². The van der Waals surface area contributed by atoms with Gasteiger partial charge >= 0.3 is 0 Å². The van der Waals surface area contributed by atoms with Crippen molar-refractivity contribution in [2.24, 2.45) is 11.8 Å². The average Bonchev–Trinajstić information content (AvgIpc) is 2.42. The molecule has 2 heteroatoms. The van der Waals surface area contributed by atoms with Gasteiger partial charge in [0.15, 0.2) is 0 Å². The van der Waals surface area contributed by atoms with Crippen LogP contribution in [0.4, 0.5) is 0 Å². The minimum absolute atomic E-state index is 0.208. The minimum atomic E-state index is 0.208. The highest BCUT2D eigenvalue weighted by atomic mass is 15.2. The summed E-state index contributed by atoms with van der Waals surface area (Å²) in [4.78, 5) is 0. The zero-order valence-electron chi connectivity index (χ0n) is 11.3. The first-order valence-electron chi connectivity index (χ1n) is 7.36. The fourth-order valence-electron chi connectivity index (χ4n) is 3.87. The highest BCUT2D eigenvalue weighted by molar-refractivity contribution is 5.17. The number of nitrogens with one attached hydrogen (secondary N) is 2. The van der Waals surface area contributed by atoms with E-state index >= 15 is 0 Å². The summed E-state index contributed by atoms with van der Waals surface area (Å²) in [5.41, 5.74) is 1.69. The third-order valence-corrected chi connectivity index (χ3v) is 4.79. The predicted molar refractivity (Wildman–Crippen MR) is 75.4 cm³/mol. The van der Waals surface area contributed by atoms with Gasteiger partial charge in [-0.05, 0) is 56.2 Å². The van der Waals surface area contributed by atoms with E-state index in [-0.39, 0.29) is 5.66 Å². The second-order valence-corrected chi connectivity index (χ2v) is 5.91. The molecule has 1 aromatic carbocycles. The smallest absolute Gasteiger partial charge is 0.0719 e. The van der Waals surface area contributed by atoms with Crippen LogP contribution in [0.25, 0.3) is 0 Å². The molecule has 0 amide bonds. The maximum atomic E-state index is 3.79. The van der Waals surface area contributed by atoms with Crippen LogP contribution in [0.3, 0.4) is 0 Å². The van der Waals surface area contributed by atoms with Crippen molar-refractivity contribution in [3.05, 3.63) is 35.9 Å². The lowest BCUT2D eigenvalue weighted by atomic mass is 9.67. The van der Waals surface area contributed by atoms with Crippen LogP contribution in [0.1, 0.15) is 31.7 Å². The molecule has 3 unspecified atom stereocenters. The van der Waals surface area contributed by atoms with E-state index < -0.39 is 0 Å². The molecule has 4 rings (SSSR count). The van der Waals surface area contributed by atoms with Crippen molar-refractivity contribution in [3.8, 4) is 0 Å².